The van der Waals surface area contributed by atoms with Crippen LogP contribution in [0.15, 0.2) is 18.2 Å². The summed E-state index contributed by atoms with van der Waals surface area (Å²) in [6, 6.07) is 3.47. The Hall–Kier alpha value is -2.44. The standard InChI is InChI=1S/C13H17N3O4/c1-3-4-7-14-13(18)15-12(17)10-6-5-9(2)11(8-10)16(19)20/h5-6,8H,3-4,7H2,1-2H3,(H2,14,15,17,18). The monoisotopic (exact) mass is 279 g/mol. The first kappa shape index (κ1) is 15.6. The summed E-state index contributed by atoms with van der Waals surface area (Å²) < 4.78 is 0. The molecule has 0 unspecified atom stereocenters. The van der Waals surface area contributed by atoms with Crippen LogP contribution in [0.2, 0.25) is 0 Å². The van der Waals surface area contributed by atoms with Crippen molar-refractivity contribution in [2.45, 2.75) is 26.7 Å². The largest absolute Gasteiger partial charge is 0.338 e. The van der Waals surface area contributed by atoms with Crippen molar-refractivity contribution in [3.8, 4) is 0 Å². The van der Waals surface area contributed by atoms with Crippen LogP contribution in [-0.4, -0.2) is 23.4 Å². The van der Waals surface area contributed by atoms with Gasteiger partial charge in [0.1, 0.15) is 0 Å². The maximum absolute atomic E-state index is 11.8. The van der Waals surface area contributed by atoms with Gasteiger partial charge < -0.3 is 5.32 Å². The molecule has 2 N–H and O–H groups in total. The number of imide groups is 1. The zero-order chi connectivity index (χ0) is 15.1. The van der Waals surface area contributed by atoms with Gasteiger partial charge in [0.15, 0.2) is 0 Å². The van der Waals surface area contributed by atoms with Crippen LogP contribution in [-0.2, 0) is 0 Å². The molecule has 7 nitrogen and oxygen atoms in total. The minimum Gasteiger partial charge on any atom is -0.338 e. The summed E-state index contributed by atoms with van der Waals surface area (Å²) in [5.74, 6) is -0.665. The molecular weight excluding hydrogens is 262 g/mol. The molecule has 0 aliphatic carbocycles. The van der Waals surface area contributed by atoms with Gasteiger partial charge in [0.25, 0.3) is 11.6 Å². The van der Waals surface area contributed by atoms with E-state index in [4.69, 9.17) is 0 Å². The minimum atomic E-state index is -0.665. The Balaban J connectivity index is 2.70. The van der Waals surface area contributed by atoms with Gasteiger partial charge in [-0.15, -0.1) is 0 Å². The van der Waals surface area contributed by atoms with Crippen molar-refractivity contribution >= 4 is 17.6 Å². The van der Waals surface area contributed by atoms with Crippen molar-refractivity contribution in [2.24, 2.45) is 0 Å². The fraction of sp³-hybridized carbons (Fsp3) is 0.385. The molecule has 0 aliphatic heterocycles. The number of urea groups is 1. The third kappa shape index (κ3) is 4.34. The molecule has 0 atom stereocenters. The molecule has 0 bridgehead atoms. The average Bonchev–Trinajstić information content (AvgIpc) is 2.39. The molecule has 0 radical (unpaired) electrons. The molecule has 20 heavy (non-hydrogen) atoms. The van der Waals surface area contributed by atoms with E-state index in [2.05, 4.69) is 10.6 Å². The lowest BCUT2D eigenvalue weighted by atomic mass is 10.1. The van der Waals surface area contributed by atoms with Gasteiger partial charge in [-0.2, -0.15) is 0 Å². The van der Waals surface area contributed by atoms with Crippen molar-refractivity contribution in [1.29, 1.82) is 0 Å². The number of nitro benzene ring substituents is 1. The van der Waals surface area contributed by atoms with Crippen LogP contribution in [0.5, 0.6) is 0 Å². The Morgan fingerprint density at radius 2 is 2.05 bits per heavy atom. The molecule has 7 heteroatoms. The summed E-state index contributed by atoms with van der Waals surface area (Å²) in [5, 5.41) is 15.4. The Bertz CT molecular complexity index is 528. The Morgan fingerprint density at radius 1 is 1.35 bits per heavy atom. The number of rotatable bonds is 5. The molecule has 0 aliphatic rings. The Labute approximate surface area is 116 Å². The number of nitrogens with one attached hydrogen (secondary N) is 2. The van der Waals surface area contributed by atoms with E-state index in [1.807, 2.05) is 6.92 Å². The van der Waals surface area contributed by atoms with E-state index < -0.39 is 16.9 Å². The fourth-order valence-corrected chi connectivity index (χ4v) is 1.55. The molecule has 0 saturated carbocycles. The number of amides is 3. The molecule has 0 heterocycles. The zero-order valence-electron chi connectivity index (χ0n) is 11.4. The van der Waals surface area contributed by atoms with E-state index in [1.54, 1.807) is 6.92 Å². The number of unbranched alkanes of at least 4 members (excludes halogenated alkanes) is 1. The molecule has 0 aromatic heterocycles. The van der Waals surface area contributed by atoms with Crippen molar-refractivity contribution in [2.75, 3.05) is 6.54 Å². The lowest BCUT2D eigenvalue weighted by Gasteiger charge is -2.06. The Kier molecular flexibility index (Phi) is 5.64. The quantitative estimate of drug-likeness (QED) is 0.489. The maximum atomic E-state index is 11.8. The maximum Gasteiger partial charge on any atom is 0.321 e. The van der Waals surface area contributed by atoms with E-state index >= 15 is 0 Å². The molecule has 3 amide bonds. The lowest BCUT2D eigenvalue weighted by Crippen LogP contribution is -2.39. The molecule has 0 spiro atoms. The summed E-state index contributed by atoms with van der Waals surface area (Å²) in [6.45, 7) is 4.04. The highest BCUT2D eigenvalue weighted by Gasteiger charge is 2.16. The summed E-state index contributed by atoms with van der Waals surface area (Å²) in [7, 11) is 0. The van der Waals surface area contributed by atoms with Gasteiger partial charge in [0, 0.05) is 23.7 Å². The highest BCUT2D eigenvalue weighted by molar-refractivity contribution is 6.04. The summed E-state index contributed by atoms with van der Waals surface area (Å²) in [5.41, 5.74) is 0.385. The summed E-state index contributed by atoms with van der Waals surface area (Å²) in [4.78, 5) is 33.4. The van der Waals surface area contributed by atoms with Crippen molar-refractivity contribution < 1.29 is 14.5 Å². The Morgan fingerprint density at radius 3 is 2.65 bits per heavy atom. The zero-order valence-corrected chi connectivity index (χ0v) is 11.4. The third-order valence-electron chi connectivity index (χ3n) is 2.71. The second-order valence-electron chi connectivity index (χ2n) is 4.32. The number of carbonyl (C=O) groups is 2. The highest BCUT2D eigenvalue weighted by Crippen LogP contribution is 2.19. The van der Waals surface area contributed by atoms with Crippen LogP contribution in [0.25, 0.3) is 0 Å². The third-order valence-corrected chi connectivity index (χ3v) is 2.71. The predicted octanol–water partition coefficient (Wildman–Crippen LogP) is 2.14. The fourth-order valence-electron chi connectivity index (χ4n) is 1.55. The second kappa shape index (κ2) is 7.22. The van der Waals surface area contributed by atoms with Crippen LogP contribution in [0, 0.1) is 17.0 Å². The van der Waals surface area contributed by atoms with Gasteiger partial charge in [0.05, 0.1) is 4.92 Å². The normalized spacial score (nSPS) is 9.90. The van der Waals surface area contributed by atoms with Gasteiger partial charge in [-0.1, -0.05) is 19.4 Å². The van der Waals surface area contributed by atoms with Crippen molar-refractivity contribution in [1.82, 2.24) is 10.6 Å². The topological polar surface area (TPSA) is 101 Å². The average molecular weight is 279 g/mol. The molecule has 1 rings (SSSR count). The smallest absolute Gasteiger partial charge is 0.321 e. The highest BCUT2D eigenvalue weighted by atomic mass is 16.6. The molecule has 0 saturated heterocycles. The minimum absolute atomic E-state index is 0.0768. The van der Waals surface area contributed by atoms with Crippen LogP contribution in [0.1, 0.15) is 35.7 Å². The molecule has 1 aromatic rings. The van der Waals surface area contributed by atoms with Gasteiger partial charge >= 0.3 is 6.03 Å². The van der Waals surface area contributed by atoms with Crippen LogP contribution in [0.4, 0.5) is 10.5 Å². The predicted molar refractivity (Wildman–Crippen MR) is 73.6 cm³/mol. The van der Waals surface area contributed by atoms with E-state index in [0.29, 0.717) is 12.1 Å². The van der Waals surface area contributed by atoms with Gasteiger partial charge in [-0.05, 0) is 19.4 Å². The number of benzene rings is 1. The second-order valence-corrected chi connectivity index (χ2v) is 4.32. The van der Waals surface area contributed by atoms with Crippen molar-refractivity contribution in [3.05, 3.63) is 39.4 Å². The number of hydrogen-bond acceptors (Lipinski definition) is 4. The summed E-state index contributed by atoms with van der Waals surface area (Å²) >= 11 is 0. The number of nitrogens with zero attached hydrogens (tertiary/aromatic N) is 1. The summed E-state index contributed by atoms with van der Waals surface area (Å²) in [6.07, 6.45) is 1.75. The van der Waals surface area contributed by atoms with E-state index in [1.165, 1.54) is 12.1 Å². The van der Waals surface area contributed by atoms with Gasteiger partial charge in [-0.3, -0.25) is 20.2 Å². The van der Waals surface area contributed by atoms with Gasteiger partial charge in [0.2, 0.25) is 0 Å². The number of aryl methyl sites for hydroxylation is 1. The number of hydrogen-bond donors (Lipinski definition) is 2. The SMILES string of the molecule is CCCCNC(=O)NC(=O)c1ccc(C)c([N+](=O)[O-])c1. The van der Waals surface area contributed by atoms with E-state index in [9.17, 15) is 19.7 Å². The first-order chi connectivity index (χ1) is 9.45. The van der Waals surface area contributed by atoms with E-state index in [-0.39, 0.29) is 11.3 Å². The van der Waals surface area contributed by atoms with Crippen LogP contribution in [0.3, 0.4) is 0 Å². The van der Waals surface area contributed by atoms with Crippen LogP contribution >= 0.6 is 0 Å². The number of nitro groups is 1. The number of carbonyl (C=O) groups excluding carboxylic acids is 2. The molecule has 1 aromatic carbocycles. The first-order valence-electron chi connectivity index (χ1n) is 6.30. The van der Waals surface area contributed by atoms with Crippen molar-refractivity contribution in [3.63, 3.8) is 0 Å². The lowest BCUT2D eigenvalue weighted by molar-refractivity contribution is -0.385. The van der Waals surface area contributed by atoms with Crippen LogP contribution < -0.4 is 10.6 Å². The molecule has 0 fully saturated rings. The molecular formula is C13H17N3O4. The van der Waals surface area contributed by atoms with E-state index in [0.717, 1.165) is 18.9 Å². The molecule has 108 valence electrons. The van der Waals surface area contributed by atoms with Gasteiger partial charge in [-0.25, -0.2) is 4.79 Å². The first-order valence-corrected chi connectivity index (χ1v) is 6.30.